The van der Waals surface area contributed by atoms with Crippen molar-refractivity contribution in [2.24, 2.45) is 0 Å². The lowest BCUT2D eigenvalue weighted by molar-refractivity contribution is 0.204. The van der Waals surface area contributed by atoms with E-state index in [-0.39, 0.29) is 0 Å². The van der Waals surface area contributed by atoms with E-state index < -0.39 is 6.10 Å². The molecule has 0 spiro atoms. The molecule has 1 N–H and O–H groups in total. The monoisotopic (exact) mass is 258 g/mol. The molecule has 0 aliphatic heterocycles. The van der Waals surface area contributed by atoms with Crippen molar-refractivity contribution in [2.45, 2.75) is 24.8 Å². The Morgan fingerprint density at radius 3 is 2.17 bits per heavy atom. The molecule has 18 heavy (non-hydrogen) atoms. The fraction of sp³-hybridized carbons (Fsp3) is 0.250. The number of hydrogen-bond donors (Lipinski definition) is 1. The van der Waals surface area contributed by atoms with Crippen molar-refractivity contribution in [1.82, 2.24) is 0 Å². The molecule has 1 unspecified atom stereocenters. The normalized spacial score (nSPS) is 12.4. The van der Waals surface area contributed by atoms with Gasteiger partial charge < -0.3 is 5.11 Å². The van der Waals surface area contributed by atoms with Gasteiger partial charge in [-0.2, -0.15) is 0 Å². The Labute approximate surface area is 113 Å². The first-order valence-electron chi connectivity index (χ1n) is 6.10. The molecule has 1 nitrogen and oxygen atoms in total. The van der Waals surface area contributed by atoms with Gasteiger partial charge in [0.25, 0.3) is 0 Å². The maximum atomic E-state index is 10.1. The van der Waals surface area contributed by atoms with E-state index in [1.54, 1.807) is 11.8 Å². The van der Waals surface area contributed by atoms with Gasteiger partial charge in [-0.15, -0.1) is 11.8 Å². The van der Waals surface area contributed by atoms with E-state index in [0.29, 0.717) is 5.75 Å². The SMILES string of the molecule is Cc1cccc(C)c1SCC(O)c1ccccc1. The molecule has 2 aromatic carbocycles. The number of rotatable bonds is 4. The van der Waals surface area contributed by atoms with Crippen molar-refractivity contribution >= 4 is 11.8 Å². The lowest BCUT2D eigenvalue weighted by Crippen LogP contribution is -2.00. The van der Waals surface area contributed by atoms with Gasteiger partial charge in [-0.3, -0.25) is 0 Å². The third kappa shape index (κ3) is 3.15. The van der Waals surface area contributed by atoms with Gasteiger partial charge >= 0.3 is 0 Å². The first-order valence-corrected chi connectivity index (χ1v) is 7.09. The highest BCUT2D eigenvalue weighted by molar-refractivity contribution is 7.99. The average Bonchev–Trinajstić information content (AvgIpc) is 2.39. The largest absolute Gasteiger partial charge is 0.388 e. The molecule has 0 saturated carbocycles. The highest BCUT2D eigenvalue weighted by Gasteiger charge is 2.09. The smallest absolute Gasteiger partial charge is 0.0883 e. The molecule has 0 aromatic heterocycles. The summed E-state index contributed by atoms with van der Waals surface area (Å²) in [5.74, 6) is 0.690. The summed E-state index contributed by atoms with van der Waals surface area (Å²) in [6.45, 7) is 4.23. The van der Waals surface area contributed by atoms with E-state index in [4.69, 9.17) is 0 Å². The average molecular weight is 258 g/mol. The number of benzene rings is 2. The quantitative estimate of drug-likeness (QED) is 0.832. The first-order chi connectivity index (χ1) is 8.68. The third-order valence-electron chi connectivity index (χ3n) is 2.98. The van der Waals surface area contributed by atoms with Crippen LogP contribution in [-0.4, -0.2) is 10.9 Å². The van der Waals surface area contributed by atoms with E-state index in [1.165, 1.54) is 16.0 Å². The second kappa shape index (κ2) is 6.07. The minimum Gasteiger partial charge on any atom is -0.388 e. The van der Waals surface area contributed by atoms with E-state index in [1.807, 2.05) is 30.3 Å². The molecule has 0 fully saturated rings. The molecule has 0 aliphatic carbocycles. The van der Waals surface area contributed by atoms with Crippen LogP contribution in [0, 0.1) is 13.8 Å². The molecule has 0 saturated heterocycles. The van der Waals surface area contributed by atoms with E-state index >= 15 is 0 Å². The van der Waals surface area contributed by atoms with Crippen molar-refractivity contribution in [3.8, 4) is 0 Å². The molecule has 0 heterocycles. The molecule has 0 amide bonds. The van der Waals surface area contributed by atoms with E-state index in [9.17, 15) is 5.11 Å². The summed E-state index contributed by atoms with van der Waals surface area (Å²) < 4.78 is 0. The molecule has 94 valence electrons. The van der Waals surface area contributed by atoms with Crippen molar-refractivity contribution in [1.29, 1.82) is 0 Å². The van der Waals surface area contributed by atoms with Gasteiger partial charge in [-0.05, 0) is 30.5 Å². The second-order valence-electron chi connectivity index (χ2n) is 4.46. The molecule has 0 bridgehead atoms. The van der Waals surface area contributed by atoms with Crippen LogP contribution in [0.4, 0.5) is 0 Å². The predicted molar refractivity (Wildman–Crippen MR) is 78.0 cm³/mol. The van der Waals surface area contributed by atoms with E-state index in [0.717, 1.165) is 5.56 Å². The van der Waals surface area contributed by atoms with Crippen LogP contribution in [0.5, 0.6) is 0 Å². The lowest BCUT2D eigenvalue weighted by Gasteiger charge is -2.13. The third-order valence-corrected chi connectivity index (χ3v) is 4.39. The van der Waals surface area contributed by atoms with Crippen LogP contribution >= 0.6 is 11.8 Å². The van der Waals surface area contributed by atoms with Crippen molar-refractivity contribution in [3.05, 3.63) is 65.2 Å². The Bertz CT molecular complexity index is 488. The number of aliphatic hydroxyl groups is 1. The van der Waals surface area contributed by atoms with Gasteiger partial charge in [-0.25, -0.2) is 0 Å². The summed E-state index contributed by atoms with van der Waals surface area (Å²) >= 11 is 1.73. The zero-order valence-electron chi connectivity index (χ0n) is 10.8. The van der Waals surface area contributed by atoms with Crippen LogP contribution < -0.4 is 0 Å². The number of thioether (sulfide) groups is 1. The molecular weight excluding hydrogens is 240 g/mol. The maximum absolute atomic E-state index is 10.1. The zero-order chi connectivity index (χ0) is 13.0. The first kappa shape index (κ1) is 13.2. The predicted octanol–water partition coefficient (Wildman–Crippen LogP) is 4.13. The highest BCUT2D eigenvalue weighted by Crippen LogP contribution is 2.29. The topological polar surface area (TPSA) is 20.2 Å². The van der Waals surface area contributed by atoms with Crippen molar-refractivity contribution in [2.75, 3.05) is 5.75 Å². The van der Waals surface area contributed by atoms with Gasteiger partial charge in [0.1, 0.15) is 0 Å². The minimum absolute atomic E-state index is 0.407. The molecule has 2 heteroatoms. The van der Waals surface area contributed by atoms with Crippen LogP contribution in [0.15, 0.2) is 53.4 Å². The molecule has 2 rings (SSSR count). The van der Waals surface area contributed by atoms with Gasteiger partial charge in [0, 0.05) is 10.6 Å². The summed E-state index contributed by atoms with van der Waals surface area (Å²) in [6, 6.07) is 16.1. The fourth-order valence-electron chi connectivity index (χ4n) is 1.96. The minimum atomic E-state index is -0.407. The summed E-state index contributed by atoms with van der Waals surface area (Å²) in [6.07, 6.45) is -0.407. The van der Waals surface area contributed by atoms with Crippen LogP contribution in [0.3, 0.4) is 0 Å². The number of aryl methyl sites for hydroxylation is 2. The Morgan fingerprint density at radius 2 is 1.56 bits per heavy atom. The number of aliphatic hydroxyl groups excluding tert-OH is 1. The van der Waals surface area contributed by atoms with Crippen LogP contribution in [0.25, 0.3) is 0 Å². The summed E-state index contributed by atoms with van der Waals surface area (Å²) in [7, 11) is 0. The number of hydrogen-bond acceptors (Lipinski definition) is 2. The summed E-state index contributed by atoms with van der Waals surface area (Å²) in [5.41, 5.74) is 3.54. The van der Waals surface area contributed by atoms with Crippen LogP contribution in [-0.2, 0) is 0 Å². The van der Waals surface area contributed by atoms with Gasteiger partial charge in [0.05, 0.1) is 6.10 Å². The van der Waals surface area contributed by atoms with Gasteiger partial charge in [-0.1, -0.05) is 48.5 Å². The zero-order valence-corrected chi connectivity index (χ0v) is 11.6. The molecule has 1 atom stereocenters. The van der Waals surface area contributed by atoms with Crippen molar-refractivity contribution in [3.63, 3.8) is 0 Å². The van der Waals surface area contributed by atoms with Crippen LogP contribution in [0.1, 0.15) is 22.8 Å². The summed E-state index contributed by atoms with van der Waals surface area (Å²) in [4.78, 5) is 1.28. The molecule has 0 radical (unpaired) electrons. The van der Waals surface area contributed by atoms with E-state index in [2.05, 4.69) is 32.0 Å². The van der Waals surface area contributed by atoms with Crippen molar-refractivity contribution < 1.29 is 5.11 Å². The highest BCUT2D eigenvalue weighted by atomic mass is 32.2. The molecule has 0 aliphatic rings. The molecular formula is C16H18OS. The maximum Gasteiger partial charge on any atom is 0.0883 e. The van der Waals surface area contributed by atoms with Crippen LogP contribution in [0.2, 0.25) is 0 Å². The Balaban J connectivity index is 2.04. The molecule has 2 aromatic rings. The fourth-order valence-corrected chi connectivity index (χ4v) is 3.07. The Kier molecular flexibility index (Phi) is 4.45. The lowest BCUT2D eigenvalue weighted by atomic mass is 10.1. The Hall–Kier alpha value is -1.25. The van der Waals surface area contributed by atoms with Gasteiger partial charge in [0.2, 0.25) is 0 Å². The second-order valence-corrected chi connectivity index (χ2v) is 5.49. The standard InChI is InChI=1S/C16H18OS/c1-12-7-6-8-13(2)16(12)18-11-15(17)14-9-4-3-5-10-14/h3-10,15,17H,11H2,1-2H3. The summed E-state index contributed by atoms with van der Waals surface area (Å²) in [5, 5.41) is 10.1. The van der Waals surface area contributed by atoms with Gasteiger partial charge in [0.15, 0.2) is 0 Å². The Morgan fingerprint density at radius 1 is 0.944 bits per heavy atom.